The van der Waals surface area contributed by atoms with Crippen LogP contribution in [0.2, 0.25) is 0 Å². The zero-order valence-corrected chi connectivity index (χ0v) is 13.2. The molecule has 3 rings (SSSR count). The smallest absolute Gasteiger partial charge is 0.269 e. The van der Waals surface area contributed by atoms with Crippen LogP contribution in [-0.4, -0.2) is 45.9 Å². The minimum Gasteiger partial charge on any atom is -0.361 e. The Morgan fingerprint density at radius 1 is 1.55 bits per heavy atom. The van der Waals surface area contributed by atoms with Gasteiger partial charge in [0.1, 0.15) is 17.1 Å². The standard InChI is InChI=1S/C15H21N5O2/c1-19(2)9-12-11-8-10(4-5-14(11)22-18-12)17-15(21)13-6-7-16-20(13)3/h6-7,10H,4-5,8-9H2,1-3H3,(H,17,21). The number of nitrogens with one attached hydrogen (secondary N) is 1. The van der Waals surface area contributed by atoms with E-state index in [1.807, 2.05) is 14.1 Å². The van der Waals surface area contributed by atoms with E-state index in [-0.39, 0.29) is 11.9 Å². The van der Waals surface area contributed by atoms with E-state index in [0.29, 0.717) is 5.69 Å². The Bertz CT molecular complexity index is 673. The first-order valence-corrected chi connectivity index (χ1v) is 7.44. The second-order valence-electron chi connectivity index (χ2n) is 6.02. The number of amides is 1. The molecule has 2 aromatic heterocycles. The van der Waals surface area contributed by atoms with Crippen molar-refractivity contribution in [2.45, 2.75) is 31.8 Å². The van der Waals surface area contributed by atoms with Crippen molar-refractivity contribution in [3.05, 3.63) is 35.0 Å². The highest BCUT2D eigenvalue weighted by molar-refractivity contribution is 5.92. The quantitative estimate of drug-likeness (QED) is 0.902. The maximum atomic E-state index is 12.3. The van der Waals surface area contributed by atoms with Gasteiger partial charge in [-0.05, 0) is 33.0 Å². The highest BCUT2D eigenvalue weighted by atomic mass is 16.5. The Balaban J connectivity index is 1.70. The van der Waals surface area contributed by atoms with E-state index in [1.54, 1.807) is 24.0 Å². The molecule has 22 heavy (non-hydrogen) atoms. The minimum atomic E-state index is -0.0842. The topological polar surface area (TPSA) is 76.2 Å². The van der Waals surface area contributed by atoms with Crippen LogP contribution in [0.5, 0.6) is 0 Å². The largest absolute Gasteiger partial charge is 0.361 e. The summed E-state index contributed by atoms with van der Waals surface area (Å²) in [5.41, 5.74) is 2.69. The molecule has 7 heteroatoms. The molecule has 1 atom stereocenters. The molecule has 0 radical (unpaired) electrons. The van der Waals surface area contributed by atoms with Gasteiger partial charge in [0.15, 0.2) is 0 Å². The molecular weight excluding hydrogens is 282 g/mol. The summed E-state index contributed by atoms with van der Waals surface area (Å²) in [6.07, 6.45) is 4.08. The number of hydrogen-bond donors (Lipinski definition) is 1. The molecule has 1 N–H and O–H groups in total. The third-order valence-corrected chi connectivity index (χ3v) is 3.98. The van der Waals surface area contributed by atoms with Crippen LogP contribution in [0.4, 0.5) is 0 Å². The molecule has 0 fully saturated rings. The lowest BCUT2D eigenvalue weighted by atomic mass is 9.92. The molecule has 1 unspecified atom stereocenters. The van der Waals surface area contributed by atoms with Gasteiger partial charge >= 0.3 is 0 Å². The average molecular weight is 303 g/mol. The van der Waals surface area contributed by atoms with Gasteiger partial charge in [0.05, 0.1) is 0 Å². The van der Waals surface area contributed by atoms with Gasteiger partial charge in [-0.1, -0.05) is 5.16 Å². The third kappa shape index (κ3) is 2.89. The van der Waals surface area contributed by atoms with Crippen molar-refractivity contribution in [2.75, 3.05) is 14.1 Å². The normalized spacial score (nSPS) is 17.5. The Morgan fingerprint density at radius 2 is 2.36 bits per heavy atom. The zero-order chi connectivity index (χ0) is 15.7. The number of aromatic nitrogens is 3. The summed E-state index contributed by atoms with van der Waals surface area (Å²) in [6, 6.07) is 1.83. The Labute approximate surface area is 129 Å². The molecule has 1 amide bonds. The van der Waals surface area contributed by atoms with E-state index in [0.717, 1.165) is 42.8 Å². The number of nitrogens with zero attached hydrogens (tertiary/aromatic N) is 4. The van der Waals surface area contributed by atoms with Gasteiger partial charge in [-0.3, -0.25) is 9.48 Å². The molecule has 7 nitrogen and oxygen atoms in total. The van der Waals surface area contributed by atoms with Gasteiger partial charge in [-0.2, -0.15) is 5.10 Å². The first-order valence-electron chi connectivity index (χ1n) is 7.44. The summed E-state index contributed by atoms with van der Waals surface area (Å²) >= 11 is 0. The summed E-state index contributed by atoms with van der Waals surface area (Å²) < 4.78 is 7.01. The maximum Gasteiger partial charge on any atom is 0.269 e. The lowest BCUT2D eigenvalue weighted by molar-refractivity contribution is 0.0923. The second-order valence-corrected chi connectivity index (χ2v) is 6.02. The number of aryl methyl sites for hydroxylation is 2. The van der Waals surface area contributed by atoms with Crippen LogP contribution in [0.1, 0.15) is 33.9 Å². The molecule has 0 saturated heterocycles. The predicted molar refractivity (Wildman–Crippen MR) is 80.4 cm³/mol. The second kappa shape index (κ2) is 5.92. The van der Waals surface area contributed by atoms with Crippen LogP contribution >= 0.6 is 0 Å². The van der Waals surface area contributed by atoms with Crippen molar-refractivity contribution in [1.29, 1.82) is 0 Å². The molecule has 0 aromatic carbocycles. The van der Waals surface area contributed by atoms with Crippen LogP contribution in [0, 0.1) is 0 Å². The summed E-state index contributed by atoms with van der Waals surface area (Å²) in [7, 11) is 5.78. The monoisotopic (exact) mass is 303 g/mol. The first kappa shape index (κ1) is 14.8. The molecule has 2 aromatic rings. The fourth-order valence-corrected chi connectivity index (χ4v) is 2.87. The van der Waals surface area contributed by atoms with Crippen molar-refractivity contribution in [3.63, 3.8) is 0 Å². The van der Waals surface area contributed by atoms with Gasteiger partial charge < -0.3 is 14.7 Å². The van der Waals surface area contributed by atoms with E-state index in [2.05, 4.69) is 20.5 Å². The fraction of sp³-hybridized carbons (Fsp3) is 0.533. The number of rotatable bonds is 4. The van der Waals surface area contributed by atoms with Crippen LogP contribution in [-0.2, 0) is 26.4 Å². The molecular formula is C15H21N5O2. The lowest BCUT2D eigenvalue weighted by Crippen LogP contribution is -2.39. The van der Waals surface area contributed by atoms with Gasteiger partial charge in [0, 0.05) is 37.8 Å². The lowest BCUT2D eigenvalue weighted by Gasteiger charge is -2.23. The number of carbonyl (C=O) groups is 1. The molecule has 1 aliphatic rings. The van der Waals surface area contributed by atoms with Crippen molar-refractivity contribution >= 4 is 5.91 Å². The van der Waals surface area contributed by atoms with E-state index >= 15 is 0 Å². The van der Waals surface area contributed by atoms with Crippen LogP contribution < -0.4 is 5.32 Å². The zero-order valence-electron chi connectivity index (χ0n) is 13.2. The van der Waals surface area contributed by atoms with Gasteiger partial charge in [0.25, 0.3) is 5.91 Å². The number of fused-ring (bicyclic) bond motifs is 1. The molecule has 1 aliphatic carbocycles. The number of hydrogen-bond acceptors (Lipinski definition) is 5. The molecule has 0 aliphatic heterocycles. The summed E-state index contributed by atoms with van der Waals surface area (Å²) in [6.45, 7) is 0.751. The molecule has 0 bridgehead atoms. The van der Waals surface area contributed by atoms with E-state index in [1.165, 1.54) is 0 Å². The third-order valence-electron chi connectivity index (χ3n) is 3.98. The van der Waals surface area contributed by atoms with Gasteiger partial charge in [-0.15, -0.1) is 0 Å². The maximum absolute atomic E-state index is 12.3. The van der Waals surface area contributed by atoms with Crippen LogP contribution in [0.3, 0.4) is 0 Å². The molecule has 118 valence electrons. The number of carbonyl (C=O) groups excluding carboxylic acids is 1. The van der Waals surface area contributed by atoms with E-state index in [9.17, 15) is 4.79 Å². The Morgan fingerprint density at radius 3 is 3.05 bits per heavy atom. The SMILES string of the molecule is CN(C)Cc1noc2c1CC(NC(=O)c1ccnn1C)CC2. The Kier molecular flexibility index (Phi) is 3.98. The van der Waals surface area contributed by atoms with Crippen molar-refractivity contribution < 1.29 is 9.32 Å². The summed E-state index contributed by atoms with van der Waals surface area (Å²) in [4.78, 5) is 14.4. The molecule has 0 saturated carbocycles. The van der Waals surface area contributed by atoms with Crippen LogP contribution in [0.25, 0.3) is 0 Å². The van der Waals surface area contributed by atoms with Gasteiger partial charge in [0.2, 0.25) is 0 Å². The van der Waals surface area contributed by atoms with E-state index < -0.39 is 0 Å². The minimum absolute atomic E-state index is 0.0842. The first-order chi connectivity index (χ1) is 10.5. The fourth-order valence-electron chi connectivity index (χ4n) is 2.87. The van der Waals surface area contributed by atoms with Gasteiger partial charge in [-0.25, -0.2) is 0 Å². The van der Waals surface area contributed by atoms with Crippen molar-refractivity contribution in [2.24, 2.45) is 7.05 Å². The molecule has 0 spiro atoms. The summed E-state index contributed by atoms with van der Waals surface area (Å²) in [5.74, 6) is 0.877. The average Bonchev–Trinajstić information content (AvgIpc) is 3.05. The van der Waals surface area contributed by atoms with Crippen LogP contribution in [0.15, 0.2) is 16.8 Å². The Hall–Kier alpha value is -2.15. The summed E-state index contributed by atoms with van der Waals surface area (Å²) in [5, 5.41) is 11.3. The van der Waals surface area contributed by atoms with Crippen molar-refractivity contribution in [3.8, 4) is 0 Å². The van der Waals surface area contributed by atoms with Crippen molar-refractivity contribution in [1.82, 2.24) is 25.2 Å². The molecule has 2 heterocycles. The van der Waals surface area contributed by atoms with E-state index in [4.69, 9.17) is 4.52 Å². The highest BCUT2D eigenvalue weighted by Gasteiger charge is 2.27. The highest BCUT2D eigenvalue weighted by Crippen LogP contribution is 2.25. The predicted octanol–water partition coefficient (Wildman–Crippen LogP) is 0.757.